The molecule has 0 saturated carbocycles. The SMILES string of the molecule is CCCCC/C=C\C[C@@H](O)/C=C/C=C\C/C=C\CCCC(=O)OC[C@H](CO)OC(=O)CCCCCCCCCCCCCCCCCC(C)C. The highest BCUT2D eigenvalue weighted by molar-refractivity contribution is 5.70. The van der Waals surface area contributed by atoms with Crippen LogP contribution in [0.2, 0.25) is 0 Å². The van der Waals surface area contributed by atoms with E-state index in [2.05, 4.69) is 32.9 Å². The maximum absolute atomic E-state index is 12.2. The number of unbranched alkanes of at least 4 members (excludes halogenated alkanes) is 18. The first kappa shape index (κ1) is 47.8. The number of rotatable bonds is 36. The molecule has 0 radical (unpaired) electrons. The second-order valence-corrected chi connectivity index (χ2v) is 14.4. The van der Waals surface area contributed by atoms with E-state index >= 15 is 0 Å². The van der Waals surface area contributed by atoms with Crippen LogP contribution in [-0.2, 0) is 19.1 Å². The maximum atomic E-state index is 12.2. The van der Waals surface area contributed by atoms with Gasteiger partial charge in [0.15, 0.2) is 6.10 Å². The molecule has 0 spiro atoms. The first-order chi connectivity index (χ1) is 24.4. The summed E-state index contributed by atoms with van der Waals surface area (Å²) in [4.78, 5) is 24.3. The maximum Gasteiger partial charge on any atom is 0.306 e. The third-order valence-corrected chi connectivity index (χ3v) is 8.88. The minimum absolute atomic E-state index is 0.113. The van der Waals surface area contributed by atoms with E-state index in [1.165, 1.54) is 103 Å². The molecule has 290 valence electrons. The Morgan fingerprint density at radius 1 is 0.620 bits per heavy atom. The van der Waals surface area contributed by atoms with Crippen molar-refractivity contribution < 1.29 is 29.3 Å². The van der Waals surface area contributed by atoms with Gasteiger partial charge in [-0.3, -0.25) is 9.59 Å². The average molecular weight is 703 g/mol. The summed E-state index contributed by atoms with van der Waals surface area (Å²) in [5.41, 5.74) is 0. The van der Waals surface area contributed by atoms with Gasteiger partial charge in [-0.15, -0.1) is 0 Å². The molecule has 0 unspecified atom stereocenters. The summed E-state index contributed by atoms with van der Waals surface area (Å²) in [5.74, 6) is 0.155. The summed E-state index contributed by atoms with van der Waals surface area (Å²) in [7, 11) is 0. The van der Waals surface area contributed by atoms with Crippen molar-refractivity contribution in [2.24, 2.45) is 5.92 Å². The van der Waals surface area contributed by atoms with Crippen LogP contribution in [-0.4, -0.2) is 47.6 Å². The summed E-state index contributed by atoms with van der Waals surface area (Å²) >= 11 is 0. The lowest BCUT2D eigenvalue weighted by atomic mass is 10.0. The molecule has 2 atom stereocenters. The predicted molar refractivity (Wildman–Crippen MR) is 211 cm³/mol. The second-order valence-electron chi connectivity index (χ2n) is 14.4. The molecule has 0 aliphatic heterocycles. The van der Waals surface area contributed by atoms with E-state index in [9.17, 15) is 19.8 Å². The van der Waals surface area contributed by atoms with Crippen LogP contribution in [0.1, 0.15) is 188 Å². The molecule has 0 aliphatic carbocycles. The highest BCUT2D eigenvalue weighted by atomic mass is 16.6. The summed E-state index contributed by atoms with van der Waals surface area (Å²) < 4.78 is 10.6. The zero-order chi connectivity index (χ0) is 36.8. The fourth-order valence-corrected chi connectivity index (χ4v) is 5.70. The van der Waals surface area contributed by atoms with Crippen LogP contribution >= 0.6 is 0 Å². The van der Waals surface area contributed by atoms with Crippen molar-refractivity contribution in [2.75, 3.05) is 13.2 Å². The molecule has 6 heteroatoms. The summed E-state index contributed by atoms with van der Waals surface area (Å²) in [6.45, 7) is 6.35. The van der Waals surface area contributed by atoms with Crippen molar-refractivity contribution in [1.29, 1.82) is 0 Å². The van der Waals surface area contributed by atoms with E-state index in [0.717, 1.165) is 44.4 Å². The number of hydrogen-bond acceptors (Lipinski definition) is 6. The van der Waals surface area contributed by atoms with Gasteiger partial charge in [-0.05, 0) is 50.9 Å². The number of hydrogen-bond donors (Lipinski definition) is 2. The number of esters is 2. The molecular formula is C44H78O6. The number of allylic oxidation sites excluding steroid dienone is 6. The lowest BCUT2D eigenvalue weighted by molar-refractivity contribution is -0.161. The lowest BCUT2D eigenvalue weighted by Gasteiger charge is -2.15. The highest BCUT2D eigenvalue weighted by Gasteiger charge is 2.16. The zero-order valence-electron chi connectivity index (χ0n) is 32.7. The Morgan fingerprint density at radius 3 is 1.78 bits per heavy atom. The van der Waals surface area contributed by atoms with E-state index in [1.807, 2.05) is 30.4 Å². The van der Waals surface area contributed by atoms with Gasteiger partial charge in [0.25, 0.3) is 0 Å². The Balaban J connectivity index is 3.69. The number of carbonyl (C=O) groups is 2. The van der Waals surface area contributed by atoms with Gasteiger partial charge in [-0.25, -0.2) is 0 Å². The van der Waals surface area contributed by atoms with Gasteiger partial charge in [0.2, 0.25) is 0 Å². The Morgan fingerprint density at radius 2 is 1.18 bits per heavy atom. The van der Waals surface area contributed by atoms with Gasteiger partial charge in [0.05, 0.1) is 12.7 Å². The second kappa shape index (κ2) is 38.1. The molecular weight excluding hydrogens is 624 g/mol. The van der Waals surface area contributed by atoms with E-state index < -0.39 is 12.2 Å². The van der Waals surface area contributed by atoms with Gasteiger partial charge in [-0.1, -0.05) is 179 Å². The molecule has 0 bridgehead atoms. The monoisotopic (exact) mass is 703 g/mol. The van der Waals surface area contributed by atoms with Crippen LogP contribution in [0.3, 0.4) is 0 Å². The van der Waals surface area contributed by atoms with Gasteiger partial charge < -0.3 is 19.7 Å². The highest BCUT2D eigenvalue weighted by Crippen LogP contribution is 2.15. The first-order valence-electron chi connectivity index (χ1n) is 20.7. The van der Waals surface area contributed by atoms with E-state index in [0.29, 0.717) is 19.3 Å². The zero-order valence-corrected chi connectivity index (χ0v) is 32.7. The largest absolute Gasteiger partial charge is 0.462 e. The molecule has 0 aromatic rings. The molecule has 6 nitrogen and oxygen atoms in total. The quantitative estimate of drug-likeness (QED) is 0.0292. The van der Waals surface area contributed by atoms with Crippen LogP contribution in [0.4, 0.5) is 0 Å². The predicted octanol–water partition coefficient (Wildman–Crippen LogP) is 11.8. The average Bonchev–Trinajstić information content (AvgIpc) is 3.10. The molecule has 0 aliphatic rings. The van der Waals surface area contributed by atoms with Crippen molar-refractivity contribution in [3.63, 3.8) is 0 Å². The fourth-order valence-electron chi connectivity index (χ4n) is 5.70. The van der Waals surface area contributed by atoms with E-state index in [1.54, 1.807) is 6.08 Å². The Kier molecular flexibility index (Phi) is 36.4. The van der Waals surface area contributed by atoms with Gasteiger partial charge >= 0.3 is 11.9 Å². The minimum Gasteiger partial charge on any atom is -0.462 e. The van der Waals surface area contributed by atoms with Crippen molar-refractivity contribution in [1.82, 2.24) is 0 Å². The number of ether oxygens (including phenoxy) is 2. The van der Waals surface area contributed by atoms with Crippen LogP contribution in [0, 0.1) is 5.92 Å². The third-order valence-electron chi connectivity index (χ3n) is 8.88. The topological polar surface area (TPSA) is 93.1 Å². The smallest absolute Gasteiger partial charge is 0.306 e. The molecule has 0 aromatic carbocycles. The normalized spacial score (nSPS) is 13.4. The van der Waals surface area contributed by atoms with Crippen molar-refractivity contribution >= 4 is 11.9 Å². The molecule has 0 heterocycles. The summed E-state index contributed by atoms with van der Waals surface area (Å²) in [5, 5.41) is 19.5. The number of aliphatic hydroxyl groups is 2. The van der Waals surface area contributed by atoms with Crippen LogP contribution in [0.15, 0.2) is 48.6 Å². The molecule has 0 aromatic heterocycles. The third kappa shape index (κ3) is 37.1. The van der Waals surface area contributed by atoms with Crippen molar-refractivity contribution in [2.45, 2.75) is 200 Å². The summed E-state index contributed by atoms with van der Waals surface area (Å²) in [6.07, 6.45) is 43.5. The van der Waals surface area contributed by atoms with Gasteiger partial charge in [0.1, 0.15) is 6.61 Å². The minimum atomic E-state index is -0.810. The van der Waals surface area contributed by atoms with E-state index in [-0.39, 0.29) is 31.6 Å². The van der Waals surface area contributed by atoms with E-state index in [4.69, 9.17) is 9.47 Å². The lowest BCUT2D eigenvalue weighted by Crippen LogP contribution is -2.28. The summed E-state index contributed by atoms with van der Waals surface area (Å²) in [6, 6.07) is 0. The fraction of sp³-hybridized carbons (Fsp3) is 0.773. The van der Waals surface area contributed by atoms with Gasteiger partial charge in [-0.2, -0.15) is 0 Å². The number of aliphatic hydroxyl groups excluding tert-OH is 2. The molecule has 0 fully saturated rings. The standard InChI is InChI=1S/C44H78O6/c1-4-5-6-7-24-29-34-41(46)35-30-25-20-17-18-21-26-31-36-43(47)49-39-42(38-45)50-44(48)37-32-27-22-16-14-12-10-8-9-11-13-15-19-23-28-33-40(2)3/h18,20-21,24-25,29-30,35,40-42,45-46H,4-17,19,22-23,26-28,31-34,36-39H2,1-3H3/b21-18-,25-20-,29-24-,35-30+/t41-,42+/m1/s1. The van der Waals surface area contributed by atoms with Crippen LogP contribution < -0.4 is 0 Å². The van der Waals surface area contributed by atoms with Crippen molar-refractivity contribution in [3.8, 4) is 0 Å². The Hall–Kier alpha value is -2.18. The van der Waals surface area contributed by atoms with Crippen LogP contribution in [0.25, 0.3) is 0 Å². The Bertz CT molecular complexity index is 874. The van der Waals surface area contributed by atoms with Crippen LogP contribution in [0.5, 0.6) is 0 Å². The van der Waals surface area contributed by atoms with Crippen molar-refractivity contribution in [3.05, 3.63) is 48.6 Å². The van der Waals surface area contributed by atoms with Gasteiger partial charge in [0, 0.05) is 12.8 Å². The molecule has 0 amide bonds. The molecule has 0 rings (SSSR count). The number of carbonyl (C=O) groups excluding carboxylic acids is 2. The first-order valence-corrected chi connectivity index (χ1v) is 20.7. The molecule has 50 heavy (non-hydrogen) atoms. The molecule has 0 saturated heterocycles. The Labute approximate surface area is 308 Å². The molecule has 2 N–H and O–H groups in total.